The Bertz CT molecular complexity index is 1130. The number of nitrogens with zero attached hydrogens (tertiary/aromatic N) is 4. The molecule has 7 nitrogen and oxygen atoms in total. The summed E-state index contributed by atoms with van der Waals surface area (Å²) in [5.74, 6) is 0.209. The molecule has 1 amide bonds. The molecule has 1 aliphatic rings. The number of halogens is 1. The van der Waals surface area contributed by atoms with Gasteiger partial charge in [-0.05, 0) is 54.4 Å². The van der Waals surface area contributed by atoms with Crippen LogP contribution in [0.25, 0.3) is 5.69 Å². The highest BCUT2D eigenvalue weighted by atomic mass is 19.1. The molecule has 0 bridgehead atoms. The number of ether oxygens (including phenoxy) is 1. The molecule has 0 aliphatic carbocycles. The molecule has 1 aliphatic heterocycles. The van der Waals surface area contributed by atoms with Crippen LogP contribution in [0.4, 0.5) is 4.39 Å². The fourth-order valence-corrected chi connectivity index (χ4v) is 3.78. The maximum atomic E-state index is 13.2. The Hall–Kier alpha value is -3.52. The van der Waals surface area contributed by atoms with Crippen molar-refractivity contribution in [2.75, 3.05) is 33.3 Å². The quantitative estimate of drug-likeness (QED) is 0.615. The highest BCUT2D eigenvalue weighted by Crippen LogP contribution is 2.15. The molecule has 32 heavy (non-hydrogen) atoms. The van der Waals surface area contributed by atoms with Crippen LogP contribution in [0.3, 0.4) is 0 Å². The Balaban J connectivity index is 1.44. The van der Waals surface area contributed by atoms with Crippen molar-refractivity contribution in [2.24, 2.45) is 0 Å². The lowest BCUT2D eigenvalue weighted by atomic mass is 10.2. The van der Waals surface area contributed by atoms with E-state index in [0.29, 0.717) is 18.8 Å². The third kappa shape index (κ3) is 5.03. The van der Waals surface area contributed by atoms with Gasteiger partial charge in [-0.3, -0.25) is 14.5 Å². The molecule has 2 heterocycles. The summed E-state index contributed by atoms with van der Waals surface area (Å²) in [6, 6.07) is 16.2. The fourth-order valence-electron chi connectivity index (χ4n) is 3.78. The van der Waals surface area contributed by atoms with Crippen LogP contribution in [0.2, 0.25) is 0 Å². The minimum Gasteiger partial charge on any atom is -0.497 e. The van der Waals surface area contributed by atoms with E-state index in [-0.39, 0.29) is 17.2 Å². The minimum atomic E-state index is -0.405. The third-order valence-electron chi connectivity index (χ3n) is 5.53. The predicted octanol–water partition coefficient (Wildman–Crippen LogP) is 2.73. The van der Waals surface area contributed by atoms with E-state index in [1.807, 2.05) is 12.1 Å². The van der Waals surface area contributed by atoms with E-state index in [9.17, 15) is 14.0 Å². The van der Waals surface area contributed by atoms with E-state index in [1.165, 1.54) is 42.0 Å². The number of hydrogen-bond acceptors (Lipinski definition) is 5. The van der Waals surface area contributed by atoms with Crippen LogP contribution in [0.5, 0.6) is 5.75 Å². The molecule has 0 N–H and O–H groups in total. The monoisotopic (exact) mass is 436 g/mol. The van der Waals surface area contributed by atoms with Crippen LogP contribution in [0, 0.1) is 5.82 Å². The molecular weight excluding hydrogens is 411 g/mol. The van der Waals surface area contributed by atoms with Crippen LogP contribution in [-0.4, -0.2) is 58.8 Å². The van der Waals surface area contributed by atoms with Crippen LogP contribution >= 0.6 is 0 Å². The van der Waals surface area contributed by atoms with E-state index in [4.69, 9.17) is 4.74 Å². The molecule has 1 aromatic heterocycles. The van der Waals surface area contributed by atoms with Crippen molar-refractivity contribution in [1.82, 2.24) is 19.6 Å². The van der Waals surface area contributed by atoms with Crippen molar-refractivity contribution in [3.05, 3.63) is 88.1 Å². The van der Waals surface area contributed by atoms with Gasteiger partial charge in [-0.25, -0.2) is 4.39 Å². The summed E-state index contributed by atoms with van der Waals surface area (Å²) in [7, 11) is 1.65. The third-order valence-corrected chi connectivity index (χ3v) is 5.53. The SMILES string of the molecule is COc1ccc(CN2CCCN(C(=O)c3ccc(=O)n(-c4ccc(F)cc4)n3)CC2)cc1. The lowest BCUT2D eigenvalue weighted by Gasteiger charge is -2.22. The molecule has 0 unspecified atom stereocenters. The average molecular weight is 436 g/mol. The second-order valence-electron chi connectivity index (χ2n) is 7.72. The number of methoxy groups -OCH3 is 1. The Labute approximate surface area is 185 Å². The number of carbonyl (C=O) groups is 1. The van der Waals surface area contributed by atoms with E-state index in [0.717, 1.165) is 36.5 Å². The highest BCUT2D eigenvalue weighted by molar-refractivity contribution is 5.92. The molecular formula is C24H25FN4O3. The highest BCUT2D eigenvalue weighted by Gasteiger charge is 2.22. The van der Waals surface area contributed by atoms with Crippen molar-refractivity contribution in [2.45, 2.75) is 13.0 Å². The van der Waals surface area contributed by atoms with Gasteiger partial charge in [0.05, 0.1) is 12.8 Å². The molecule has 166 valence electrons. The van der Waals surface area contributed by atoms with Crippen molar-refractivity contribution in [3.63, 3.8) is 0 Å². The predicted molar refractivity (Wildman–Crippen MR) is 119 cm³/mol. The topological polar surface area (TPSA) is 67.7 Å². The molecule has 1 fully saturated rings. The zero-order valence-corrected chi connectivity index (χ0v) is 17.9. The summed E-state index contributed by atoms with van der Waals surface area (Å²) in [5, 5.41) is 4.25. The summed E-state index contributed by atoms with van der Waals surface area (Å²) in [4.78, 5) is 29.4. The molecule has 0 radical (unpaired) electrons. The van der Waals surface area contributed by atoms with E-state index < -0.39 is 5.82 Å². The van der Waals surface area contributed by atoms with Gasteiger partial charge >= 0.3 is 0 Å². The van der Waals surface area contributed by atoms with Crippen LogP contribution < -0.4 is 10.3 Å². The average Bonchev–Trinajstić information content (AvgIpc) is 3.06. The number of benzene rings is 2. The van der Waals surface area contributed by atoms with E-state index in [1.54, 1.807) is 12.0 Å². The Morgan fingerprint density at radius 1 is 0.969 bits per heavy atom. The molecule has 1 saturated heterocycles. The van der Waals surface area contributed by atoms with Gasteiger partial charge in [0, 0.05) is 38.8 Å². The zero-order valence-electron chi connectivity index (χ0n) is 17.9. The number of carbonyl (C=O) groups excluding carboxylic acids is 1. The normalized spacial score (nSPS) is 14.8. The van der Waals surface area contributed by atoms with Crippen molar-refractivity contribution < 1.29 is 13.9 Å². The summed E-state index contributed by atoms with van der Waals surface area (Å²) in [5.41, 5.74) is 1.42. The first kappa shape index (κ1) is 21.7. The standard InChI is InChI=1S/C24H25FN4O3/c1-32-21-9-3-18(4-10-21)17-27-13-2-14-28(16-15-27)24(31)22-11-12-23(30)29(26-22)20-7-5-19(25)6-8-20/h3-12H,2,13-17H2,1H3. The molecule has 0 atom stereocenters. The summed E-state index contributed by atoms with van der Waals surface area (Å²) in [6.07, 6.45) is 0.847. The number of aromatic nitrogens is 2. The van der Waals surface area contributed by atoms with Crippen LogP contribution in [0.1, 0.15) is 22.5 Å². The second-order valence-corrected chi connectivity index (χ2v) is 7.72. The smallest absolute Gasteiger partial charge is 0.274 e. The first-order valence-corrected chi connectivity index (χ1v) is 10.5. The molecule has 8 heteroatoms. The largest absolute Gasteiger partial charge is 0.497 e. The number of amides is 1. The van der Waals surface area contributed by atoms with Crippen molar-refractivity contribution >= 4 is 5.91 Å². The van der Waals surface area contributed by atoms with Crippen molar-refractivity contribution in [3.8, 4) is 11.4 Å². The van der Waals surface area contributed by atoms with E-state index in [2.05, 4.69) is 22.1 Å². The zero-order chi connectivity index (χ0) is 22.5. The first-order valence-electron chi connectivity index (χ1n) is 10.5. The van der Waals surface area contributed by atoms with Gasteiger partial charge in [-0.2, -0.15) is 9.78 Å². The Morgan fingerprint density at radius 2 is 1.72 bits per heavy atom. The van der Waals surface area contributed by atoms with Gasteiger partial charge in [0.1, 0.15) is 17.3 Å². The summed E-state index contributed by atoms with van der Waals surface area (Å²) < 4.78 is 19.6. The van der Waals surface area contributed by atoms with Gasteiger partial charge in [0.15, 0.2) is 0 Å². The van der Waals surface area contributed by atoms with Gasteiger partial charge in [0.2, 0.25) is 0 Å². The summed E-state index contributed by atoms with van der Waals surface area (Å²) in [6.45, 7) is 3.63. The number of rotatable bonds is 5. The van der Waals surface area contributed by atoms with Crippen LogP contribution in [-0.2, 0) is 6.54 Å². The maximum absolute atomic E-state index is 13.2. The lowest BCUT2D eigenvalue weighted by Crippen LogP contribution is -2.36. The second kappa shape index (κ2) is 9.74. The molecule has 0 spiro atoms. The Kier molecular flexibility index (Phi) is 6.61. The van der Waals surface area contributed by atoms with E-state index >= 15 is 0 Å². The summed E-state index contributed by atoms with van der Waals surface area (Å²) >= 11 is 0. The fraction of sp³-hybridized carbons (Fsp3) is 0.292. The molecule has 4 rings (SSSR count). The molecule has 0 saturated carbocycles. The Morgan fingerprint density at radius 3 is 2.44 bits per heavy atom. The molecule has 3 aromatic rings. The number of hydrogen-bond donors (Lipinski definition) is 0. The van der Waals surface area contributed by atoms with Gasteiger partial charge in [-0.15, -0.1) is 0 Å². The van der Waals surface area contributed by atoms with Gasteiger partial charge < -0.3 is 9.64 Å². The van der Waals surface area contributed by atoms with Crippen molar-refractivity contribution in [1.29, 1.82) is 0 Å². The van der Waals surface area contributed by atoms with Gasteiger partial charge in [-0.1, -0.05) is 12.1 Å². The van der Waals surface area contributed by atoms with Crippen LogP contribution in [0.15, 0.2) is 65.5 Å². The first-order chi connectivity index (χ1) is 15.5. The van der Waals surface area contributed by atoms with Gasteiger partial charge in [0.25, 0.3) is 11.5 Å². The molecule has 2 aromatic carbocycles. The minimum absolute atomic E-state index is 0.192. The maximum Gasteiger partial charge on any atom is 0.274 e. The lowest BCUT2D eigenvalue weighted by molar-refractivity contribution is 0.0753.